The van der Waals surface area contributed by atoms with Crippen molar-refractivity contribution in [3.8, 4) is 0 Å². The molecule has 1 fully saturated rings. The third-order valence-electron chi connectivity index (χ3n) is 5.62. The van der Waals surface area contributed by atoms with E-state index in [-0.39, 0.29) is 17.8 Å². The van der Waals surface area contributed by atoms with Crippen LogP contribution in [0.25, 0.3) is 0 Å². The van der Waals surface area contributed by atoms with Gasteiger partial charge in [0.2, 0.25) is 5.91 Å². The van der Waals surface area contributed by atoms with Crippen LogP contribution in [0.3, 0.4) is 0 Å². The van der Waals surface area contributed by atoms with Crippen molar-refractivity contribution in [3.05, 3.63) is 53.1 Å². The van der Waals surface area contributed by atoms with Crippen LogP contribution in [0.15, 0.2) is 30.3 Å². The first-order chi connectivity index (χ1) is 13.1. The van der Waals surface area contributed by atoms with Crippen molar-refractivity contribution in [3.63, 3.8) is 0 Å². The fourth-order valence-electron chi connectivity index (χ4n) is 4.30. The Bertz CT molecular complexity index is 795. The van der Waals surface area contributed by atoms with Crippen molar-refractivity contribution in [2.24, 2.45) is 0 Å². The number of nitrogens with zero attached hydrogens (tertiary/aromatic N) is 4. The van der Waals surface area contributed by atoms with Crippen molar-refractivity contribution in [2.45, 2.75) is 51.7 Å². The minimum absolute atomic E-state index is 0.121. The van der Waals surface area contributed by atoms with Crippen molar-refractivity contribution in [2.75, 3.05) is 19.6 Å². The zero-order chi connectivity index (χ0) is 18.8. The second kappa shape index (κ2) is 7.80. The van der Waals surface area contributed by atoms with Crippen molar-refractivity contribution < 1.29 is 9.18 Å². The van der Waals surface area contributed by atoms with Gasteiger partial charge in [0.1, 0.15) is 11.9 Å². The molecule has 0 radical (unpaired) electrons. The smallest absolute Gasteiger partial charge is 0.244 e. The van der Waals surface area contributed by atoms with Gasteiger partial charge >= 0.3 is 0 Å². The summed E-state index contributed by atoms with van der Waals surface area (Å²) in [6.45, 7) is 5.98. The van der Waals surface area contributed by atoms with Crippen LogP contribution in [0, 0.1) is 12.7 Å². The average molecular weight is 370 g/mol. The van der Waals surface area contributed by atoms with E-state index >= 15 is 0 Å². The number of aromatic nitrogens is 2. The van der Waals surface area contributed by atoms with Gasteiger partial charge in [-0.3, -0.25) is 14.4 Å². The number of benzene rings is 1. The summed E-state index contributed by atoms with van der Waals surface area (Å²) in [6.07, 6.45) is 4.33. The number of carbonyl (C=O) groups is 1. The van der Waals surface area contributed by atoms with E-state index in [4.69, 9.17) is 0 Å². The maximum atomic E-state index is 13.6. The number of fused-ring (bicyclic) bond motifs is 1. The summed E-state index contributed by atoms with van der Waals surface area (Å²) >= 11 is 0. The van der Waals surface area contributed by atoms with Crippen LogP contribution in [-0.4, -0.2) is 45.1 Å². The normalized spacial score (nSPS) is 19.4. The molecular weight excluding hydrogens is 343 g/mol. The summed E-state index contributed by atoms with van der Waals surface area (Å²) in [5.74, 6) is -0.145. The van der Waals surface area contributed by atoms with E-state index in [0.717, 1.165) is 62.4 Å². The van der Waals surface area contributed by atoms with Gasteiger partial charge in [-0.05, 0) is 63.0 Å². The summed E-state index contributed by atoms with van der Waals surface area (Å²) in [4.78, 5) is 17.8. The van der Waals surface area contributed by atoms with E-state index in [1.807, 2.05) is 16.5 Å². The number of rotatable bonds is 3. The number of piperidine rings is 1. The van der Waals surface area contributed by atoms with Crippen LogP contribution in [-0.2, 0) is 17.9 Å². The molecule has 0 saturated carbocycles. The van der Waals surface area contributed by atoms with Gasteiger partial charge in [-0.15, -0.1) is 0 Å². The van der Waals surface area contributed by atoms with Gasteiger partial charge < -0.3 is 4.90 Å². The Morgan fingerprint density at radius 3 is 2.52 bits per heavy atom. The van der Waals surface area contributed by atoms with Crippen molar-refractivity contribution in [1.82, 2.24) is 19.6 Å². The molecule has 1 aromatic carbocycles. The molecule has 3 heterocycles. The van der Waals surface area contributed by atoms with Crippen LogP contribution >= 0.6 is 0 Å². The maximum Gasteiger partial charge on any atom is 0.244 e. The van der Waals surface area contributed by atoms with Gasteiger partial charge in [0.05, 0.1) is 17.9 Å². The molecule has 4 rings (SSSR count). The molecule has 0 bridgehead atoms. The highest BCUT2D eigenvalue weighted by atomic mass is 19.1. The van der Waals surface area contributed by atoms with E-state index in [0.29, 0.717) is 6.54 Å². The SMILES string of the molecule is Cc1cc2n(n1)CCCN(C(=O)C(c1ccc(F)cc1)N1CCCCC1)C2. The predicted octanol–water partition coefficient (Wildman–Crippen LogP) is 3.29. The Balaban J connectivity index is 1.62. The third kappa shape index (κ3) is 3.90. The molecule has 0 spiro atoms. The largest absolute Gasteiger partial charge is 0.335 e. The summed E-state index contributed by atoms with van der Waals surface area (Å²) in [5, 5.41) is 4.53. The quantitative estimate of drug-likeness (QED) is 0.833. The zero-order valence-corrected chi connectivity index (χ0v) is 15.9. The molecule has 2 aliphatic rings. The second-order valence-corrected chi connectivity index (χ2v) is 7.66. The van der Waals surface area contributed by atoms with Crippen molar-refractivity contribution >= 4 is 5.91 Å². The molecule has 6 heteroatoms. The average Bonchev–Trinajstić information content (AvgIpc) is 2.91. The summed E-state index contributed by atoms with van der Waals surface area (Å²) in [7, 11) is 0. The summed E-state index contributed by atoms with van der Waals surface area (Å²) in [5.41, 5.74) is 2.97. The minimum Gasteiger partial charge on any atom is -0.335 e. The number of aryl methyl sites for hydroxylation is 2. The monoisotopic (exact) mass is 370 g/mol. The lowest BCUT2D eigenvalue weighted by Crippen LogP contribution is -2.44. The fraction of sp³-hybridized carbons (Fsp3) is 0.524. The molecule has 2 aromatic rings. The molecule has 0 N–H and O–H groups in total. The topological polar surface area (TPSA) is 41.4 Å². The number of hydrogen-bond donors (Lipinski definition) is 0. The van der Waals surface area contributed by atoms with Gasteiger partial charge in [-0.1, -0.05) is 18.6 Å². The highest BCUT2D eigenvalue weighted by Gasteiger charge is 2.33. The van der Waals surface area contributed by atoms with Crippen LogP contribution in [0.2, 0.25) is 0 Å². The number of carbonyl (C=O) groups excluding carboxylic acids is 1. The molecule has 1 saturated heterocycles. The second-order valence-electron chi connectivity index (χ2n) is 7.66. The first kappa shape index (κ1) is 18.2. The van der Waals surface area contributed by atoms with Gasteiger partial charge in [-0.25, -0.2) is 4.39 Å². The molecule has 1 aromatic heterocycles. The number of hydrogen-bond acceptors (Lipinski definition) is 3. The van der Waals surface area contributed by atoms with Crippen molar-refractivity contribution in [1.29, 1.82) is 0 Å². The minimum atomic E-state index is -0.332. The highest BCUT2D eigenvalue weighted by Crippen LogP contribution is 2.28. The number of halogens is 1. The molecule has 27 heavy (non-hydrogen) atoms. The Morgan fingerprint density at radius 2 is 1.78 bits per heavy atom. The lowest BCUT2D eigenvalue weighted by molar-refractivity contribution is -0.138. The van der Waals surface area contributed by atoms with Crippen LogP contribution in [0.4, 0.5) is 4.39 Å². The number of likely N-dealkylation sites (tertiary alicyclic amines) is 1. The van der Waals surface area contributed by atoms with E-state index in [1.165, 1.54) is 18.6 Å². The van der Waals surface area contributed by atoms with E-state index < -0.39 is 0 Å². The third-order valence-corrected chi connectivity index (χ3v) is 5.62. The van der Waals surface area contributed by atoms with Crippen LogP contribution in [0.5, 0.6) is 0 Å². The van der Waals surface area contributed by atoms with E-state index in [1.54, 1.807) is 12.1 Å². The lowest BCUT2D eigenvalue weighted by atomic mass is 10.00. The van der Waals surface area contributed by atoms with Crippen LogP contribution < -0.4 is 0 Å². The van der Waals surface area contributed by atoms with Gasteiger partial charge in [0.25, 0.3) is 0 Å². The molecular formula is C21H27FN4O. The first-order valence-electron chi connectivity index (χ1n) is 9.93. The zero-order valence-electron chi connectivity index (χ0n) is 15.9. The molecule has 1 atom stereocenters. The molecule has 5 nitrogen and oxygen atoms in total. The Labute approximate surface area is 159 Å². The molecule has 2 aliphatic heterocycles. The Hall–Kier alpha value is -2.21. The summed E-state index contributed by atoms with van der Waals surface area (Å²) < 4.78 is 15.5. The van der Waals surface area contributed by atoms with E-state index in [2.05, 4.69) is 16.1 Å². The fourth-order valence-corrected chi connectivity index (χ4v) is 4.30. The maximum absolute atomic E-state index is 13.6. The first-order valence-corrected chi connectivity index (χ1v) is 9.93. The van der Waals surface area contributed by atoms with Gasteiger partial charge in [-0.2, -0.15) is 5.10 Å². The van der Waals surface area contributed by atoms with Gasteiger partial charge in [0.15, 0.2) is 0 Å². The van der Waals surface area contributed by atoms with Crippen LogP contribution in [0.1, 0.15) is 48.7 Å². The van der Waals surface area contributed by atoms with E-state index in [9.17, 15) is 9.18 Å². The number of amides is 1. The molecule has 0 aliphatic carbocycles. The lowest BCUT2D eigenvalue weighted by Gasteiger charge is -2.36. The van der Waals surface area contributed by atoms with Gasteiger partial charge in [0, 0.05) is 13.1 Å². The Kier molecular flexibility index (Phi) is 5.25. The Morgan fingerprint density at radius 1 is 1.04 bits per heavy atom. The summed E-state index contributed by atoms with van der Waals surface area (Å²) in [6, 6.07) is 8.18. The molecule has 1 amide bonds. The molecule has 1 unspecified atom stereocenters. The standard InChI is InChI=1S/C21H27FN4O/c1-16-14-19-15-25(12-5-13-26(19)23-16)21(27)20(24-10-3-2-4-11-24)17-6-8-18(22)9-7-17/h6-9,14,20H,2-5,10-13,15H2,1H3. The predicted molar refractivity (Wildman–Crippen MR) is 102 cm³/mol. The molecule has 144 valence electrons. The highest BCUT2D eigenvalue weighted by molar-refractivity contribution is 5.83.